The van der Waals surface area contributed by atoms with E-state index >= 15 is 0 Å². The molecule has 0 spiro atoms. The second-order valence-corrected chi connectivity index (χ2v) is 8.76. The van der Waals surface area contributed by atoms with Crippen molar-refractivity contribution in [2.24, 2.45) is 0 Å². The Morgan fingerprint density at radius 1 is 1.10 bits per heavy atom. The van der Waals surface area contributed by atoms with Gasteiger partial charge in [0.05, 0.1) is 24.4 Å². The molecule has 3 N–H and O–H groups in total. The van der Waals surface area contributed by atoms with Gasteiger partial charge in [0.1, 0.15) is 29.2 Å². The van der Waals surface area contributed by atoms with E-state index in [1.54, 1.807) is 43.5 Å². The van der Waals surface area contributed by atoms with E-state index in [0.29, 0.717) is 17.0 Å². The van der Waals surface area contributed by atoms with Crippen molar-refractivity contribution in [1.29, 1.82) is 0 Å². The number of aryl methyl sites for hydroxylation is 1. The Labute approximate surface area is 219 Å². The third kappa shape index (κ3) is 4.74. The highest BCUT2D eigenvalue weighted by Crippen LogP contribution is 2.38. The number of benzene rings is 1. The largest absolute Gasteiger partial charge is 0.481 e. The van der Waals surface area contributed by atoms with Gasteiger partial charge in [0.2, 0.25) is 5.88 Å². The summed E-state index contributed by atoms with van der Waals surface area (Å²) in [6, 6.07) is 12.3. The van der Waals surface area contributed by atoms with Gasteiger partial charge in [-0.2, -0.15) is 18.3 Å². The molecule has 0 saturated carbocycles. The normalized spacial score (nSPS) is 12.5. The molecule has 0 fully saturated rings. The molecule has 39 heavy (non-hydrogen) atoms. The molecule has 0 aliphatic heterocycles. The van der Waals surface area contributed by atoms with Crippen molar-refractivity contribution in [3.63, 3.8) is 0 Å². The predicted molar refractivity (Wildman–Crippen MR) is 139 cm³/mol. The van der Waals surface area contributed by atoms with Gasteiger partial charge in [-0.3, -0.25) is 9.36 Å². The number of ether oxygens (including phenoxy) is 1. The first-order valence-electron chi connectivity index (χ1n) is 11.8. The molecular weight excluding hydrogens is 513 g/mol. The molecule has 0 amide bonds. The molecule has 4 heterocycles. The summed E-state index contributed by atoms with van der Waals surface area (Å²) in [6.45, 7) is 3.57. The monoisotopic (exact) mass is 536 g/mol. The number of nitrogens with two attached hydrogens (primary N) is 1. The van der Waals surface area contributed by atoms with Crippen molar-refractivity contribution in [3.05, 3.63) is 88.5 Å². The third-order valence-corrected chi connectivity index (χ3v) is 6.13. The highest BCUT2D eigenvalue weighted by atomic mass is 19.4. The van der Waals surface area contributed by atoms with Gasteiger partial charge in [-0.05, 0) is 49.2 Å². The van der Waals surface area contributed by atoms with Gasteiger partial charge in [-0.15, -0.1) is 0 Å². The summed E-state index contributed by atoms with van der Waals surface area (Å²) in [5.74, 6) is 0.149. The molecule has 1 unspecified atom stereocenters. The van der Waals surface area contributed by atoms with Gasteiger partial charge in [-0.1, -0.05) is 18.2 Å². The highest BCUT2D eigenvalue weighted by Gasteiger charge is 2.34. The van der Waals surface area contributed by atoms with Crippen LogP contribution in [0.4, 0.5) is 24.8 Å². The van der Waals surface area contributed by atoms with Crippen LogP contribution >= 0.6 is 0 Å². The number of halogens is 3. The number of aromatic nitrogens is 6. The van der Waals surface area contributed by atoms with E-state index in [1.807, 2.05) is 13.0 Å². The number of hydrogen-bond donors (Lipinski definition) is 2. The Balaban J connectivity index is 1.66. The lowest BCUT2D eigenvalue weighted by atomic mass is 10.1. The first kappa shape index (κ1) is 25.7. The Bertz CT molecular complexity index is 1730. The molecule has 13 heteroatoms. The van der Waals surface area contributed by atoms with Crippen molar-refractivity contribution in [3.8, 4) is 22.7 Å². The zero-order valence-electron chi connectivity index (χ0n) is 21.1. The fourth-order valence-corrected chi connectivity index (χ4v) is 4.30. The number of hydrogen-bond acceptors (Lipinski definition) is 8. The van der Waals surface area contributed by atoms with Crippen LogP contribution in [0.15, 0.2) is 65.8 Å². The summed E-state index contributed by atoms with van der Waals surface area (Å²) in [6.07, 6.45) is -1.85. The fourth-order valence-electron chi connectivity index (χ4n) is 4.30. The summed E-state index contributed by atoms with van der Waals surface area (Å²) < 4.78 is 48.7. The van der Waals surface area contributed by atoms with E-state index < -0.39 is 17.9 Å². The number of nitrogens with one attached hydrogen (secondary N) is 1. The Hall–Kier alpha value is -4.94. The number of fused-ring (bicyclic) bond motifs is 1. The number of nitrogen functional groups attached to an aromatic ring is 1. The standard InChI is InChI=1S/C26H23F3N8O2/c1-14-9-10-36-21(14)25(38)37(17-7-5-4-6-8-17)24(35-36)15(2)33-23-20(22(30)31-13-32-23)16-11-18(26(27,28)29)34-19(12-16)39-3/h4-13,15H,1-3H3,(H3,30,31,32,33). The lowest BCUT2D eigenvalue weighted by Crippen LogP contribution is -2.29. The molecule has 1 atom stereocenters. The van der Waals surface area contributed by atoms with Gasteiger partial charge in [0.25, 0.3) is 5.56 Å². The molecule has 200 valence electrons. The fraction of sp³-hybridized carbons (Fsp3) is 0.192. The number of anilines is 2. The quantitative estimate of drug-likeness (QED) is 0.327. The number of pyridine rings is 1. The number of alkyl halides is 3. The second-order valence-electron chi connectivity index (χ2n) is 8.76. The lowest BCUT2D eigenvalue weighted by molar-refractivity contribution is -0.141. The smallest absolute Gasteiger partial charge is 0.433 e. The SMILES string of the molecule is COc1cc(-c2c(N)ncnc2NC(C)c2nn3ccc(C)c3c(=O)n2-c2ccccc2)cc(C(F)(F)F)n1. The van der Waals surface area contributed by atoms with Crippen LogP contribution in [0.3, 0.4) is 0 Å². The minimum absolute atomic E-state index is 0.0480. The molecule has 5 aromatic rings. The molecule has 0 bridgehead atoms. The van der Waals surface area contributed by atoms with E-state index in [4.69, 9.17) is 15.6 Å². The van der Waals surface area contributed by atoms with Crippen molar-refractivity contribution >= 4 is 17.2 Å². The van der Waals surface area contributed by atoms with Crippen LogP contribution in [-0.4, -0.2) is 36.2 Å². The highest BCUT2D eigenvalue weighted by molar-refractivity contribution is 5.84. The van der Waals surface area contributed by atoms with Crippen LogP contribution in [0.25, 0.3) is 22.3 Å². The van der Waals surface area contributed by atoms with Gasteiger partial charge in [-0.25, -0.2) is 19.5 Å². The van der Waals surface area contributed by atoms with Gasteiger partial charge >= 0.3 is 6.18 Å². The maximum absolute atomic E-state index is 13.6. The summed E-state index contributed by atoms with van der Waals surface area (Å²) in [7, 11) is 1.21. The zero-order chi connectivity index (χ0) is 27.9. The molecular formula is C26H23F3N8O2. The first-order valence-corrected chi connectivity index (χ1v) is 11.8. The van der Waals surface area contributed by atoms with E-state index in [2.05, 4.69) is 20.3 Å². The molecule has 5 rings (SSSR count). The summed E-state index contributed by atoms with van der Waals surface area (Å²) >= 11 is 0. The minimum Gasteiger partial charge on any atom is -0.481 e. The first-order chi connectivity index (χ1) is 18.6. The topological polar surface area (TPSA) is 125 Å². The predicted octanol–water partition coefficient (Wildman–Crippen LogP) is 4.43. The van der Waals surface area contributed by atoms with Crippen LogP contribution in [0.5, 0.6) is 5.88 Å². The van der Waals surface area contributed by atoms with Crippen LogP contribution in [-0.2, 0) is 6.18 Å². The number of para-hydroxylation sites is 1. The molecule has 10 nitrogen and oxygen atoms in total. The molecule has 1 aromatic carbocycles. The Morgan fingerprint density at radius 2 is 1.85 bits per heavy atom. The van der Waals surface area contributed by atoms with Crippen molar-refractivity contribution in [1.82, 2.24) is 29.1 Å². The molecule has 0 aliphatic rings. The van der Waals surface area contributed by atoms with Crippen LogP contribution in [0.1, 0.15) is 30.0 Å². The van der Waals surface area contributed by atoms with E-state index in [-0.39, 0.29) is 34.2 Å². The second kappa shape index (κ2) is 9.74. The number of nitrogens with zero attached hydrogens (tertiary/aromatic N) is 6. The van der Waals surface area contributed by atoms with E-state index in [9.17, 15) is 18.0 Å². The van der Waals surface area contributed by atoms with Crippen molar-refractivity contribution < 1.29 is 17.9 Å². The maximum Gasteiger partial charge on any atom is 0.433 e. The Kier molecular flexibility index (Phi) is 6.42. The lowest BCUT2D eigenvalue weighted by Gasteiger charge is -2.21. The minimum atomic E-state index is -4.73. The van der Waals surface area contributed by atoms with Gasteiger partial charge < -0.3 is 15.8 Å². The van der Waals surface area contributed by atoms with E-state index in [1.165, 1.54) is 28.6 Å². The summed E-state index contributed by atoms with van der Waals surface area (Å²) in [5, 5.41) is 7.85. The van der Waals surface area contributed by atoms with Crippen LogP contribution in [0, 0.1) is 6.92 Å². The molecule has 0 aliphatic carbocycles. The third-order valence-electron chi connectivity index (χ3n) is 6.13. The van der Waals surface area contributed by atoms with Gasteiger partial charge in [0, 0.05) is 12.3 Å². The molecule has 0 radical (unpaired) electrons. The van der Waals surface area contributed by atoms with Gasteiger partial charge in [0.15, 0.2) is 5.82 Å². The average Bonchev–Trinajstić information content (AvgIpc) is 3.29. The van der Waals surface area contributed by atoms with Crippen molar-refractivity contribution in [2.75, 3.05) is 18.2 Å². The molecule has 4 aromatic heterocycles. The summed E-state index contributed by atoms with van der Waals surface area (Å²) in [5.41, 5.74) is 6.64. The van der Waals surface area contributed by atoms with Crippen LogP contribution < -0.4 is 21.3 Å². The maximum atomic E-state index is 13.6. The Morgan fingerprint density at radius 3 is 2.54 bits per heavy atom. The zero-order valence-corrected chi connectivity index (χ0v) is 21.1. The summed E-state index contributed by atoms with van der Waals surface area (Å²) in [4.78, 5) is 25.4. The van der Waals surface area contributed by atoms with Crippen molar-refractivity contribution in [2.45, 2.75) is 26.1 Å². The average molecular weight is 537 g/mol. The van der Waals surface area contributed by atoms with Crippen LogP contribution in [0.2, 0.25) is 0 Å². The molecule has 0 saturated heterocycles. The van der Waals surface area contributed by atoms with E-state index in [0.717, 1.165) is 11.6 Å². The number of rotatable bonds is 6. The number of methoxy groups -OCH3 is 1.